The van der Waals surface area contributed by atoms with Gasteiger partial charge in [0.15, 0.2) is 0 Å². The minimum absolute atomic E-state index is 0.210. The molecule has 0 radical (unpaired) electrons. The Morgan fingerprint density at radius 2 is 1.80 bits per heavy atom. The van der Waals surface area contributed by atoms with E-state index in [4.69, 9.17) is 10.2 Å². The van der Waals surface area contributed by atoms with Crippen LogP contribution in [0.15, 0.2) is 0 Å². The zero-order valence-corrected chi connectivity index (χ0v) is 6.88. The second-order valence-corrected chi connectivity index (χ2v) is 2.94. The van der Waals surface area contributed by atoms with E-state index in [9.17, 15) is 0 Å². The molecule has 0 aromatic rings. The van der Waals surface area contributed by atoms with E-state index >= 15 is 0 Å². The second-order valence-electron chi connectivity index (χ2n) is 2.94. The lowest BCUT2D eigenvalue weighted by atomic mass is 9.99. The van der Waals surface area contributed by atoms with Crippen LogP contribution in [0, 0.1) is 5.92 Å². The molecule has 0 aromatic carbocycles. The lowest BCUT2D eigenvalue weighted by molar-refractivity contribution is 0.127. The van der Waals surface area contributed by atoms with Gasteiger partial charge >= 0.3 is 0 Å². The summed E-state index contributed by atoms with van der Waals surface area (Å²) in [4.78, 5) is 0. The van der Waals surface area contributed by atoms with Gasteiger partial charge in [0.05, 0.1) is 6.10 Å². The molecular formula is C8H18O2. The number of aliphatic hydroxyl groups excluding tert-OH is 2. The van der Waals surface area contributed by atoms with Crippen LogP contribution in [0.25, 0.3) is 0 Å². The van der Waals surface area contributed by atoms with E-state index in [1.807, 2.05) is 13.8 Å². The SMILES string of the molecule is CC(O)C(C)CCCCO. The first-order valence-corrected chi connectivity index (χ1v) is 3.97. The van der Waals surface area contributed by atoms with Crippen LogP contribution in [-0.2, 0) is 0 Å². The summed E-state index contributed by atoms with van der Waals surface area (Å²) >= 11 is 0. The molecule has 0 aliphatic heterocycles. The maximum Gasteiger partial charge on any atom is 0.0537 e. The van der Waals surface area contributed by atoms with Crippen molar-refractivity contribution >= 4 is 0 Å². The Morgan fingerprint density at radius 3 is 2.20 bits per heavy atom. The molecule has 0 saturated carbocycles. The number of hydrogen-bond donors (Lipinski definition) is 2. The Morgan fingerprint density at radius 1 is 1.20 bits per heavy atom. The normalized spacial score (nSPS) is 16.8. The van der Waals surface area contributed by atoms with E-state index in [0.717, 1.165) is 19.3 Å². The molecule has 2 heteroatoms. The van der Waals surface area contributed by atoms with E-state index < -0.39 is 0 Å². The molecule has 0 saturated heterocycles. The first-order chi connectivity index (χ1) is 4.68. The van der Waals surface area contributed by atoms with Crippen LogP contribution in [0.5, 0.6) is 0 Å². The molecule has 10 heavy (non-hydrogen) atoms. The molecule has 0 fully saturated rings. The number of aliphatic hydroxyl groups is 2. The predicted octanol–water partition coefficient (Wildman–Crippen LogP) is 1.17. The lowest BCUT2D eigenvalue weighted by Crippen LogP contribution is -2.12. The van der Waals surface area contributed by atoms with Crippen molar-refractivity contribution in [2.75, 3.05) is 6.61 Å². The highest BCUT2D eigenvalue weighted by Crippen LogP contribution is 2.11. The molecule has 2 unspecified atom stereocenters. The number of hydrogen-bond acceptors (Lipinski definition) is 2. The van der Waals surface area contributed by atoms with Crippen LogP contribution in [0.4, 0.5) is 0 Å². The summed E-state index contributed by atoms with van der Waals surface area (Å²) in [5.74, 6) is 0.367. The van der Waals surface area contributed by atoms with Crippen LogP contribution in [0.3, 0.4) is 0 Å². The summed E-state index contributed by atoms with van der Waals surface area (Å²) < 4.78 is 0. The van der Waals surface area contributed by atoms with Crippen LogP contribution in [-0.4, -0.2) is 22.9 Å². The fourth-order valence-corrected chi connectivity index (χ4v) is 0.819. The summed E-state index contributed by atoms with van der Waals surface area (Å²) in [5.41, 5.74) is 0. The molecule has 0 bridgehead atoms. The highest BCUT2D eigenvalue weighted by molar-refractivity contribution is 4.58. The molecule has 2 N–H and O–H groups in total. The van der Waals surface area contributed by atoms with Crippen molar-refractivity contribution in [2.24, 2.45) is 5.92 Å². The average molecular weight is 146 g/mol. The zero-order chi connectivity index (χ0) is 7.98. The van der Waals surface area contributed by atoms with Gasteiger partial charge in [-0.15, -0.1) is 0 Å². The Bertz CT molecular complexity index is 71.7. The van der Waals surface area contributed by atoms with Crippen LogP contribution in [0.1, 0.15) is 33.1 Å². The number of rotatable bonds is 5. The lowest BCUT2D eigenvalue weighted by Gasteiger charge is -2.13. The molecule has 2 atom stereocenters. The van der Waals surface area contributed by atoms with Gasteiger partial charge in [-0.05, 0) is 25.7 Å². The third-order valence-corrected chi connectivity index (χ3v) is 1.89. The van der Waals surface area contributed by atoms with Gasteiger partial charge in [0.2, 0.25) is 0 Å². The van der Waals surface area contributed by atoms with Crippen molar-refractivity contribution in [3.05, 3.63) is 0 Å². The van der Waals surface area contributed by atoms with Crippen molar-refractivity contribution in [1.82, 2.24) is 0 Å². The molecule has 0 aromatic heterocycles. The van der Waals surface area contributed by atoms with Crippen molar-refractivity contribution in [3.8, 4) is 0 Å². The van der Waals surface area contributed by atoms with E-state index in [2.05, 4.69) is 0 Å². The standard InChI is InChI=1S/C8H18O2/c1-7(8(2)10)5-3-4-6-9/h7-10H,3-6H2,1-2H3. The van der Waals surface area contributed by atoms with Gasteiger partial charge in [0.25, 0.3) is 0 Å². The quantitative estimate of drug-likeness (QED) is 0.571. The van der Waals surface area contributed by atoms with Gasteiger partial charge in [-0.25, -0.2) is 0 Å². The number of unbranched alkanes of at least 4 members (excludes halogenated alkanes) is 1. The smallest absolute Gasteiger partial charge is 0.0537 e. The fourth-order valence-electron chi connectivity index (χ4n) is 0.819. The highest BCUT2D eigenvalue weighted by Gasteiger charge is 2.06. The predicted molar refractivity (Wildman–Crippen MR) is 41.8 cm³/mol. The summed E-state index contributed by atoms with van der Waals surface area (Å²) in [6, 6.07) is 0. The second kappa shape index (κ2) is 5.69. The third kappa shape index (κ3) is 4.77. The molecule has 62 valence electrons. The zero-order valence-electron chi connectivity index (χ0n) is 6.88. The van der Waals surface area contributed by atoms with E-state index in [-0.39, 0.29) is 12.7 Å². The topological polar surface area (TPSA) is 40.5 Å². The van der Waals surface area contributed by atoms with Gasteiger partial charge in [-0.3, -0.25) is 0 Å². The molecule has 0 heterocycles. The molecule has 0 spiro atoms. The van der Waals surface area contributed by atoms with E-state index in [1.165, 1.54) is 0 Å². The summed E-state index contributed by atoms with van der Waals surface area (Å²) in [6.07, 6.45) is 2.68. The van der Waals surface area contributed by atoms with E-state index in [0.29, 0.717) is 5.92 Å². The monoisotopic (exact) mass is 146 g/mol. The molecular weight excluding hydrogens is 128 g/mol. The van der Waals surface area contributed by atoms with Gasteiger partial charge in [0.1, 0.15) is 0 Å². The first-order valence-electron chi connectivity index (χ1n) is 3.97. The fraction of sp³-hybridized carbons (Fsp3) is 1.00. The first kappa shape index (κ1) is 9.92. The molecule has 0 aliphatic carbocycles. The van der Waals surface area contributed by atoms with Crippen LogP contribution >= 0.6 is 0 Å². The van der Waals surface area contributed by atoms with Crippen LogP contribution < -0.4 is 0 Å². The minimum Gasteiger partial charge on any atom is -0.396 e. The van der Waals surface area contributed by atoms with Crippen molar-refractivity contribution < 1.29 is 10.2 Å². The Hall–Kier alpha value is -0.0800. The van der Waals surface area contributed by atoms with E-state index in [1.54, 1.807) is 0 Å². The van der Waals surface area contributed by atoms with Crippen molar-refractivity contribution in [2.45, 2.75) is 39.2 Å². The summed E-state index contributed by atoms with van der Waals surface area (Å²) in [7, 11) is 0. The van der Waals surface area contributed by atoms with Gasteiger partial charge in [0, 0.05) is 6.61 Å². The molecule has 0 amide bonds. The van der Waals surface area contributed by atoms with Crippen molar-refractivity contribution in [1.29, 1.82) is 0 Å². The molecule has 0 aliphatic rings. The highest BCUT2D eigenvalue weighted by atomic mass is 16.3. The summed E-state index contributed by atoms with van der Waals surface area (Å²) in [5, 5.41) is 17.5. The third-order valence-electron chi connectivity index (χ3n) is 1.89. The Kier molecular flexibility index (Phi) is 5.64. The Balaban J connectivity index is 3.13. The largest absolute Gasteiger partial charge is 0.396 e. The van der Waals surface area contributed by atoms with Gasteiger partial charge in [-0.2, -0.15) is 0 Å². The maximum absolute atomic E-state index is 9.06. The maximum atomic E-state index is 9.06. The summed E-state index contributed by atoms with van der Waals surface area (Å²) in [6.45, 7) is 4.11. The molecule has 2 nitrogen and oxygen atoms in total. The van der Waals surface area contributed by atoms with Crippen molar-refractivity contribution in [3.63, 3.8) is 0 Å². The van der Waals surface area contributed by atoms with Gasteiger partial charge in [-0.1, -0.05) is 13.3 Å². The average Bonchev–Trinajstić information content (AvgIpc) is 1.88. The van der Waals surface area contributed by atoms with Crippen LogP contribution in [0.2, 0.25) is 0 Å². The Labute approximate surface area is 62.9 Å². The van der Waals surface area contributed by atoms with Gasteiger partial charge < -0.3 is 10.2 Å². The minimum atomic E-state index is -0.210. The molecule has 0 rings (SSSR count).